The summed E-state index contributed by atoms with van der Waals surface area (Å²) in [6.45, 7) is -0.522. The van der Waals surface area contributed by atoms with Gasteiger partial charge in [0.05, 0.1) is 30.0 Å². The van der Waals surface area contributed by atoms with Crippen LogP contribution in [-0.4, -0.2) is 57.5 Å². The quantitative estimate of drug-likeness (QED) is 0.181. The highest BCUT2D eigenvalue weighted by Gasteiger charge is 2.20. The maximum absolute atomic E-state index is 12.5. The summed E-state index contributed by atoms with van der Waals surface area (Å²) in [5.41, 5.74) is 5.76. The Morgan fingerprint density at radius 1 is 1.12 bits per heavy atom. The molecule has 0 aliphatic heterocycles. The number of pyridine rings is 1. The third-order valence-corrected chi connectivity index (χ3v) is 7.12. The fourth-order valence-corrected chi connectivity index (χ4v) is 5.26. The fraction of sp³-hybridized carbons (Fsp3) is 0.167. The van der Waals surface area contributed by atoms with Gasteiger partial charge in [-0.05, 0) is 24.3 Å². The van der Waals surface area contributed by atoms with Gasteiger partial charge < -0.3 is 4.74 Å². The zero-order valence-electron chi connectivity index (χ0n) is 16.8. The molecule has 0 fully saturated rings. The molecule has 0 radical (unpaired) electrons. The number of hydrazine groups is 1. The van der Waals surface area contributed by atoms with Gasteiger partial charge in [0.1, 0.15) is 22.5 Å². The van der Waals surface area contributed by atoms with Gasteiger partial charge in [0, 0.05) is 11.9 Å². The number of hydrogen-bond acceptors (Lipinski definition) is 10. The number of carbonyl (C=O) groups is 2. The first-order valence-electron chi connectivity index (χ1n) is 9.41. The summed E-state index contributed by atoms with van der Waals surface area (Å²) in [7, 11) is -4.01. The average molecular weight is 508 g/mol. The molecule has 4 aromatic rings. The van der Waals surface area contributed by atoms with Gasteiger partial charge in [-0.15, -0.1) is 0 Å². The van der Waals surface area contributed by atoms with Crippen molar-refractivity contribution in [3.63, 3.8) is 0 Å². The van der Waals surface area contributed by atoms with Gasteiger partial charge in [0.15, 0.2) is 5.16 Å². The minimum absolute atomic E-state index is 0.0758. The van der Waals surface area contributed by atoms with E-state index >= 15 is 0 Å². The standard InChI is InChI=1S/C18H17N7O5S3/c26-15(11-20-33(28,29)14-6-3-5-13-16(14)24-32-23-13)21-22-18(27)30-8-9-31-17-19-10-12-4-1-2-7-25(12)17/h1-7,10,20H,8-9,11H2,(H,21,26)(H,22,27). The van der Waals surface area contributed by atoms with Crippen LogP contribution < -0.4 is 15.6 Å². The number of hydrogen-bond donors (Lipinski definition) is 3. The number of aromatic nitrogens is 4. The smallest absolute Gasteiger partial charge is 0.426 e. The number of rotatable bonds is 8. The highest BCUT2D eigenvalue weighted by atomic mass is 32.2. The van der Waals surface area contributed by atoms with E-state index in [-0.39, 0.29) is 17.0 Å². The zero-order valence-corrected chi connectivity index (χ0v) is 19.2. The molecule has 1 aromatic carbocycles. The van der Waals surface area contributed by atoms with Crippen molar-refractivity contribution < 1.29 is 22.7 Å². The molecule has 172 valence electrons. The number of thioether (sulfide) groups is 1. The maximum Gasteiger partial charge on any atom is 0.426 e. The van der Waals surface area contributed by atoms with Crippen LogP contribution in [-0.2, 0) is 19.6 Å². The lowest BCUT2D eigenvalue weighted by Crippen LogP contribution is -2.46. The summed E-state index contributed by atoms with van der Waals surface area (Å²) < 4.78 is 41.9. The third-order valence-electron chi connectivity index (χ3n) is 4.22. The van der Waals surface area contributed by atoms with E-state index in [4.69, 9.17) is 4.74 Å². The van der Waals surface area contributed by atoms with E-state index in [2.05, 4.69) is 29.3 Å². The molecule has 0 saturated heterocycles. The highest BCUT2D eigenvalue weighted by Crippen LogP contribution is 2.20. The van der Waals surface area contributed by atoms with Crippen molar-refractivity contribution in [2.24, 2.45) is 0 Å². The van der Waals surface area contributed by atoms with E-state index in [0.717, 1.165) is 22.4 Å². The van der Waals surface area contributed by atoms with Crippen molar-refractivity contribution in [1.29, 1.82) is 0 Å². The van der Waals surface area contributed by atoms with Gasteiger partial charge in [-0.25, -0.2) is 28.3 Å². The van der Waals surface area contributed by atoms with Crippen molar-refractivity contribution in [2.75, 3.05) is 18.9 Å². The van der Waals surface area contributed by atoms with Crippen LogP contribution in [0.15, 0.2) is 58.8 Å². The van der Waals surface area contributed by atoms with Crippen molar-refractivity contribution in [2.45, 2.75) is 10.1 Å². The van der Waals surface area contributed by atoms with Crippen molar-refractivity contribution in [3.8, 4) is 0 Å². The Labute approximate surface area is 196 Å². The van der Waals surface area contributed by atoms with Gasteiger partial charge in [0.25, 0.3) is 5.91 Å². The molecule has 0 atom stereocenters. The topological polar surface area (TPSA) is 157 Å². The monoisotopic (exact) mass is 507 g/mol. The molecule has 4 rings (SSSR count). The molecule has 0 spiro atoms. The molecule has 0 unspecified atom stereocenters. The van der Waals surface area contributed by atoms with E-state index in [1.54, 1.807) is 12.3 Å². The number of benzene rings is 1. The number of imidazole rings is 1. The lowest BCUT2D eigenvalue weighted by molar-refractivity contribution is -0.120. The summed E-state index contributed by atoms with van der Waals surface area (Å²) >= 11 is 2.29. The van der Waals surface area contributed by atoms with E-state index in [9.17, 15) is 18.0 Å². The highest BCUT2D eigenvalue weighted by molar-refractivity contribution is 7.99. The molecule has 0 bridgehead atoms. The van der Waals surface area contributed by atoms with Crippen molar-refractivity contribution in [3.05, 3.63) is 48.8 Å². The van der Waals surface area contributed by atoms with Gasteiger partial charge in [-0.2, -0.15) is 8.75 Å². The Morgan fingerprint density at radius 2 is 2.00 bits per heavy atom. The van der Waals surface area contributed by atoms with E-state index in [1.807, 2.05) is 28.8 Å². The van der Waals surface area contributed by atoms with Gasteiger partial charge in [-0.3, -0.25) is 14.6 Å². The lowest BCUT2D eigenvalue weighted by Gasteiger charge is -2.09. The fourth-order valence-electron chi connectivity index (χ4n) is 2.73. The molecular formula is C18H17N7O5S3. The molecule has 2 amide bonds. The Morgan fingerprint density at radius 3 is 2.88 bits per heavy atom. The number of amides is 2. The second kappa shape index (κ2) is 10.1. The second-order valence-corrected chi connectivity index (χ2v) is 9.73. The molecular weight excluding hydrogens is 490 g/mol. The molecule has 3 N–H and O–H groups in total. The van der Waals surface area contributed by atoms with E-state index in [1.165, 1.54) is 23.9 Å². The molecule has 0 aliphatic carbocycles. The normalized spacial score (nSPS) is 11.5. The van der Waals surface area contributed by atoms with Crippen LogP contribution in [0.3, 0.4) is 0 Å². The summed E-state index contributed by atoms with van der Waals surface area (Å²) in [6.07, 6.45) is 2.75. The third kappa shape index (κ3) is 5.57. The van der Waals surface area contributed by atoms with Crippen LogP contribution in [0, 0.1) is 0 Å². The molecule has 0 saturated carbocycles. The zero-order chi connectivity index (χ0) is 23.3. The van der Waals surface area contributed by atoms with E-state index in [0.29, 0.717) is 11.3 Å². The molecule has 3 heterocycles. The lowest BCUT2D eigenvalue weighted by atomic mass is 10.3. The number of nitrogens with one attached hydrogen (secondary N) is 3. The summed E-state index contributed by atoms with van der Waals surface area (Å²) in [5.74, 6) is -0.330. The number of ether oxygens (including phenoxy) is 1. The first-order chi connectivity index (χ1) is 15.9. The van der Waals surface area contributed by atoms with Crippen LogP contribution in [0.4, 0.5) is 4.79 Å². The van der Waals surface area contributed by atoms with Crippen molar-refractivity contribution in [1.82, 2.24) is 33.7 Å². The van der Waals surface area contributed by atoms with Crippen LogP contribution >= 0.6 is 23.5 Å². The molecule has 3 aromatic heterocycles. The Balaban J connectivity index is 1.17. The molecule has 12 nitrogen and oxygen atoms in total. The first kappa shape index (κ1) is 22.9. The van der Waals surface area contributed by atoms with Crippen LogP contribution in [0.1, 0.15) is 0 Å². The number of sulfonamides is 1. The largest absolute Gasteiger partial charge is 0.447 e. The summed E-state index contributed by atoms with van der Waals surface area (Å²) in [5, 5.41) is 0.763. The Hall–Kier alpha value is -3.27. The predicted octanol–water partition coefficient (Wildman–Crippen LogP) is 1.17. The number of fused-ring (bicyclic) bond motifs is 2. The summed E-state index contributed by atoms with van der Waals surface area (Å²) in [4.78, 5) is 27.8. The number of carbonyl (C=O) groups excluding carboxylic acids is 2. The molecule has 0 aliphatic rings. The Bertz CT molecular complexity index is 1400. The van der Waals surface area contributed by atoms with E-state index < -0.39 is 28.6 Å². The van der Waals surface area contributed by atoms with Crippen LogP contribution in [0.2, 0.25) is 0 Å². The molecule has 15 heteroatoms. The summed E-state index contributed by atoms with van der Waals surface area (Å²) in [6, 6.07) is 10.3. The average Bonchev–Trinajstić information content (AvgIpc) is 3.46. The number of nitrogens with zero attached hydrogens (tertiary/aromatic N) is 4. The Kier molecular flexibility index (Phi) is 7.02. The maximum atomic E-state index is 12.5. The van der Waals surface area contributed by atoms with Crippen molar-refractivity contribution >= 4 is 62.1 Å². The molecule has 33 heavy (non-hydrogen) atoms. The second-order valence-electron chi connectivity index (χ2n) is 6.41. The first-order valence-corrected chi connectivity index (χ1v) is 12.6. The minimum Gasteiger partial charge on any atom is -0.447 e. The predicted molar refractivity (Wildman–Crippen MR) is 121 cm³/mol. The van der Waals surface area contributed by atoms with Gasteiger partial charge in [-0.1, -0.05) is 23.9 Å². The van der Waals surface area contributed by atoms with Crippen LogP contribution in [0.5, 0.6) is 0 Å². The van der Waals surface area contributed by atoms with Crippen LogP contribution in [0.25, 0.3) is 16.6 Å². The minimum atomic E-state index is -4.01. The SMILES string of the molecule is O=C(CNS(=O)(=O)c1cccc2nsnc12)NNC(=O)OCCSc1ncc2ccccn12. The van der Waals surface area contributed by atoms with Gasteiger partial charge >= 0.3 is 6.09 Å². The van der Waals surface area contributed by atoms with Gasteiger partial charge in [0.2, 0.25) is 10.0 Å².